The fourth-order valence-corrected chi connectivity index (χ4v) is 3.41. The molecule has 1 amide bonds. The van der Waals surface area contributed by atoms with Gasteiger partial charge in [-0.1, -0.05) is 6.07 Å². The van der Waals surface area contributed by atoms with Crippen LogP contribution < -0.4 is 10.6 Å². The van der Waals surface area contributed by atoms with Gasteiger partial charge < -0.3 is 20.3 Å². The number of benzene rings is 1. The van der Waals surface area contributed by atoms with Crippen LogP contribution in [0, 0.1) is 11.6 Å². The van der Waals surface area contributed by atoms with E-state index in [0.717, 1.165) is 12.8 Å². The number of hydrogen-bond donors (Lipinski definition) is 2. The Morgan fingerprint density at radius 2 is 1.88 bits per heavy atom. The molecule has 2 fully saturated rings. The molecule has 142 valence electrons. The number of likely N-dealkylation sites (tertiary alicyclic amines) is 1. The van der Waals surface area contributed by atoms with Crippen molar-refractivity contribution in [3.05, 3.63) is 35.4 Å². The first-order valence-corrected chi connectivity index (χ1v) is 8.80. The maximum atomic E-state index is 13.9. The fraction of sp³-hybridized carbons (Fsp3) is 0.556. The average Bonchev–Trinajstić information content (AvgIpc) is 3.39. The van der Waals surface area contributed by atoms with E-state index in [1.807, 2.05) is 0 Å². The SMILES string of the molecule is CN=C(NC1CCN(C(=O)OC)CC1)NC1CC1c1c(F)cccc1F. The van der Waals surface area contributed by atoms with Gasteiger partial charge in [0.25, 0.3) is 0 Å². The Kier molecular flexibility index (Phi) is 5.58. The second-order valence-corrected chi connectivity index (χ2v) is 6.68. The predicted octanol–water partition coefficient (Wildman–Crippen LogP) is 2.22. The van der Waals surface area contributed by atoms with E-state index in [4.69, 9.17) is 4.74 Å². The first-order chi connectivity index (χ1) is 12.5. The summed E-state index contributed by atoms with van der Waals surface area (Å²) in [5.74, 6) is -0.573. The maximum absolute atomic E-state index is 13.9. The van der Waals surface area contributed by atoms with Gasteiger partial charge in [-0.15, -0.1) is 0 Å². The van der Waals surface area contributed by atoms with Gasteiger partial charge in [-0.3, -0.25) is 4.99 Å². The van der Waals surface area contributed by atoms with Crippen LogP contribution in [-0.2, 0) is 4.74 Å². The van der Waals surface area contributed by atoms with Gasteiger partial charge in [0.1, 0.15) is 11.6 Å². The number of guanidine groups is 1. The molecule has 2 atom stereocenters. The zero-order valence-electron chi connectivity index (χ0n) is 15.0. The molecule has 0 radical (unpaired) electrons. The number of amides is 1. The van der Waals surface area contributed by atoms with E-state index in [2.05, 4.69) is 15.6 Å². The Bertz CT molecular complexity index is 670. The van der Waals surface area contributed by atoms with Crippen LogP contribution in [0.25, 0.3) is 0 Å². The number of rotatable bonds is 3. The van der Waals surface area contributed by atoms with Crippen LogP contribution in [0.5, 0.6) is 0 Å². The largest absolute Gasteiger partial charge is 0.453 e. The van der Waals surface area contributed by atoms with Crippen molar-refractivity contribution in [1.82, 2.24) is 15.5 Å². The third-order valence-corrected chi connectivity index (χ3v) is 4.98. The summed E-state index contributed by atoms with van der Waals surface area (Å²) in [5.41, 5.74) is 0.145. The highest BCUT2D eigenvalue weighted by molar-refractivity contribution is 5.81. The molecular formula is C18H24F2N4O2. The molecule has 3 rings (SSSR count). The van der Waals surface area contributed by atoms with Crippen LogP contribution in [0.2, 0.25) is 0 Å². The minimum atomic E-state index is -0.502. The summed E-state index contributed by atoms with van der Waals surface area (Å²) in [6.45, 7) is 1.24. The third kappa shape index (κ3) is 4.05. The van der Waals surface area contributed by atoms with E-state index in [-0.39, 0.29) is 29.7 Å². The molecule has 1 saturated carbocycles. The highest BCUT2D eigenvalue weighted by Gasteiger charge is 2.42. The van der Waals surface area contributed by atoms with Crippen molar-refractivity contribution < 1.29 is 18.3 Å². The molecule has 1 heterocycles. The summed E-state index contributed by atoms with van der Waals surface area (Å²) >= 11 is 0. The Hall–Kier alpha value is -2.38. The lowest BCUT2D eigenvalue weighted by Crippen LogP contribution is -2.50. The van der Waals surface area contributed by atoms with Crippen LogP contribution >= 0.6 is 0 Å². The van der Waals surface area contributed by atoms with Crippen molar-refractivity contribution in [2.24, 2.45) is 4.99 Å². The molecule has 1 saturated heterocycles. The van der Waals surface area contributed by atoms with Gasteiger partial charge in [-0.05, 0) is 31.4 Å². The second kappa shape index (κ2) is 7.88. The Balaban J connectivity index is 1.50. The van der Waals surface area contributed by atoms with Gasteiger partial charge in [0.15, 0.2) is 5.96 Å². The number of hydrogen-bond acceptors (Lipinski definition) is 3. The lowest BCUT2D eigenvalue weighted by Gasteiger charge is -2.32. The lowest BCUT2D eigenvalue weighted by atomic mass is 10.1. The summed E-state index contributed by atoms with van der Waals surface area (Å²) in [4.78, 5) is 17.4. The normalized spacial score (nSPS) is 23.5. The molecule has 2 unspecified atom stereocenters. The molecule has 6 nitrogen and oxygen atoms in total. The summed E-state index contributed by atoms with van der Waals surface area (Å²) in [6.07, 6.45) is 1.93. The minimum absolute atomic E-state index is 0.0391. The zero-order valence-corrected chi connectivity index (χ0v) is 15.0. The molecule has 0 bridgehead atoms. The molecule has 26 heavy (non-hydrogen) atoms. The highest BCUT2D eigenvalue weighted by atomic mass is 19.1. The topological polar surface area (TPSA) is 66.0 Å². The fourth-order valence-electron chi connectivity index (χ4n) is 3.41. The second-order valence-electron chi connectivity index (χ2n) is 6.68. The third-order valence-electron chi connectivity index (χ3n) is 4.98. The van der Waals surface area contributed by atoms with Gasteiger partial charge in [-0.2, -0.15) is 0 Å². The number of carbonyl (C=O) groups excluding carboxylic acids is 1. The molecule has 2 N–H and O–H groups in total. The van der Waals surface area contributed by atoms with Gasteiger partial charge in [0.05, 0.1) is 7.11 Å². The van der Waals surface area contributed by atoms with Crippen molar-refractivity contribution in [1.29, 1.82) is 0 Å². The number of methoxy groups -OCH3 is 1. The number of piperidine rings is 1. The molecule has 0 aromatic heterocycles. The monoisotopic (exact) mass is 366 g/mol. The zero-order chi connectivity index (χ0) is 18.7. The number of halogens is 2. The van der Waals surface area contributed by atoms with Crippen molar-refractivity contribution in [3.63, 3.8) is 0 Å². The van der Waals surface area contributed by atoms with Gasteiger partial charge in [0, 0.05) is 43.7 Å². The van der Waals surface area contributed by atoms with E-state index in [1.165, 1.54) is 25.3 Å². The molecule has 1 aromatic carbocycles. The molecule has 1 aromatic rings. The number of nitrogens with zero attached hydrogens (tertiary/aromatic N) is 2. The minimum Gasteiger partial charge on any atom is -0.453 e. The first-order valence-electron chi connectivity index (χ1n) is 8.80. The van der Waals surface area contributed by atoms with Crippen molar-refractivity contribution in [3.8, 4) is 0 Å². The summed E-state index contributed by atoms with van der Waals surface area (Å²) in [5, 5.41) is 6.56. The average molecular weight is 366 g/mol. The number of aliphatic imine (C=N–C) groups is 1. The van der Waals surface area contributed by atoms with Crippen LogP contribution in [0.4, 0.5) is 13.6 Å². The summed E-state index contributed by atoms with van der Waals surface area (Å²) in [7, 11) is 3.04. The van der Waals surface area contributed by atoms with Crippen LogP contribution in [0.3, 0.4) is 0 Å². The number of ether oxygens (including phenoxy) is 1. The summed E-state index contributed by atoms with van der Waals surface area (Å²) in [6, 6.07) is 4.10. The standard InChI is InChI=1S/C18H24F2N4O2/c1-21-17(22-11-6-8-24(9-7-11)18(25)26-2)23-15-10-12(15)16-13(19)4-3-5-14(16)20/h3-5,11-12,15H,6-10H2,1-2H3,(H2,21,22,23). The Morgan fingerprint density at radius 1 is 1.23 bits per heavy atom. The molecule has 0 spiro atoms. The van der Waals surface area contributed by atoms with Crippen LogP contribution in [-0.4, -0.2) is 56.3 Å². The van der Waals surface area contributed by atoms with Crippen molar-refractivity contribution >= 4 is 12.1 Å². The molecule has 1 aliphatic heterocycles. The van der Waals surface area contributed by atoms with Gasteiger partial charge in [-0.25, -0.2) is 13.6 Å². The van der Waals surface area contributed by atoms with E-state index in [9.17, 15) is 13.6 Å². The lowest BCUT2D eigenvalue weighted by molar-refractivity contribution is 0.111. The Labute approximate surface area is 151 Å². The van der Waals surface area contributed by atoms with E-state index >= 15 is 0 Å². The van der Waals surface area contributed by atoms with Gasteiger partial charge >= 0.3 is 6.09 Å². The molecule has 8 heteroatoms. The van der Waals surface area contributed by atoms with Crippen LogP contribution in [0.1, 0.15) is 30.7 Å². The van der Waals surface area contributed by atoms with E-state index in [1.54, 1.807) is 11.9 Å². The van der Waals surface area contributed by atoms with Crippen molar-refractivity contribution in [2.75, 3.05) is 27.2 Å². The number of carbonyl (C=O) groups is 1. The van der Waals surface area contributed by atoms with E-state index < -0.39 is 11.6 Å². The molecule has 2 aliphatic rings. The van der Waals surface area contributed by atoms with Gasteiger partial charge in [0.2, 0.25) is 0 Å². The smallest absolute Gasteiger partial charge is 0.409 e. The van der Waals surface area contributed by atoms with E-state index in [0.29, 0.717) is 25.5 Å². The van der Waals surface area contributed by atoms with Crippen molar-refractivity contribution in [2.45, 2.75) is 37.3 Å². The quantitative estimate of drug-likeness (QED) is 0.636. The number of nitrogens with one attached hydrogen (secondary N) is 2. The highest BCUT2D eigenvalue weighted by Crippen LogP contribution is 2.43. The predicted molar refractivity (Wildman–Crippen MR) is 94.1 cm³/mol. The first kappa shape index (κ1) is 18.4. The summed E-state index contributed by atoms with van der Waals surface area (Å²) < 4.78 is 32.5. The Morgan fingerprint density at radius 3 is 2.46 bits per heavy atom. The van der Waals surface area contributed by atoms with Crippen LogP contribution in [0.15, 0.2) is 23.2 Å². The maximum Gasteiger partial charge on any atom is 0.409 e. The molecule has 1 aliphatic carbocycles. The molecular weight excluding hydrogens is 342 g/mol.